The van der Waals surface area contributed by atoms with Gasteiger partial charge in [-0.25, -0.2) is 0 Å². The molecule has 2 atom stereocenters. The molecule has 0 aromatic carbocycles. The van der Waals surface area contributed by atoms with E-state index in [0.717, 1.165) is 4.48 Å². The molecular formula is C10H22NO+. The highest BCUT2D eigenvalue weighted by molar-refractivity contribution is 4.76. The standard InChI is InChI=1S/C10H22NO/c1-5-6-7-8-9-10(12-9)11(2,3)4/h9-10H,5-8H2,1-4H3/q+1. The second-order valence-corrected chi connectivity index (χ2v) is 4.68. The summed E-state index contributed by atoms with van der Waals surface area (Å²) in [7, 11) is 6.60. The SMILES string of the molecule is CCCCCC1OC1[N+](C)(C)C. The average Bonchev–Trinajstić information content (AvgIpc) is 2.66. The fourth-order valence-corrected chi connectivity index (χ4v) is 1.62. The monoisotopic (exact) mass is 172 g/mol. The van der Waals surface area contributed by atoms with Crippen molar-refractivity contribution in [1.82, 2.24) is 0 Å². The molecule has 0 radical (unpaired) electrons. The smallest absolute Gasteiger partial charge is 0.220 e. The molecular weight excluding hydrogens is 150 g/mol. The first-order valence-corrected chi connectivity index (χ1v) is 5.02. The number of rotatable bonds is 5. The van der Waals surface area contributed by atoms with Crippen molar-refractivity contribution in [2.75, 3.05) is 21.1 Å². The molecule has 1 heterocycles. The summed E-state index contributed by atoms with van der Waals surface area (Å²) >= 11 is 0. The summed E-state index contributed by atoms with van der Waals surface area (Å²) in [5, 5.41) is 0. The van der Waals surface area contributed by atoms with Crippen LogP contribution in [0.1, 0.15) is 32.6 Å². The summed E-state index contributed by atoms with van der Waals surface area (Å²) in [4.78, 5) is 0. The van der Waals surface area contributed by atoms with E-state index in [1.807, 2.05) is 0 Å². The van der Waals surface area contributed by atoms with Crippen molar-refractivity contribution in [3.8, 4) is 0 Å². The summed E-state index contributed by atoms with van der Waals surface area (Å²) in [6, 6.07) is 0. The van der Waals surface area contributed by atoms with Crippen LogP contribution in [0, 0.1) is 0 Å². The first-order chi connectivity index (χ1) is 5.55. The van der Waals surface area contributed by atoms with E-state index in [9.17, 15) is 0 Å². The van der Waals surface area contributed by atoms with Gasteiger partial charge in [0, 0.05) is 0 Å². The van der Waals surface area contributed by atoms with Gasteiger partial charge < -0.3 is 9.22 Å². The fraction of sp³-hybridized carbons (Fsp3) is 1.00. The lowest BCUT2D eigenvalue weighted by molar-refractivity contribution is -0.892. The number of unbranched alkanes of at least 4 members (excludes halogenated alkanes) is 2. The first kappa shape index (κ1) is 10.0. The third kappa shape index (κ3) is 2.76. The quantitative estimate of drug-likeness (QED) is 0.351. The molecule has 1 rings (SSSR count). The molecule has 72 valence electrons. The van der Waals surface area contributed by atoms with E-state index in [0.29, 0.717) is 12.3 Å². The van der Waals surface area contributed by atoms with Gasteiger partial charge in [-0.05, 0) is 6.42 Å². The van der Waals surface area contributed by atoms with Crippen molar-refractivity contribution in [2.24, 2.45) is 0 Å². The molecule has 1 aliphatic heterocycles. The first-order valence-electron chi connectivity index (χ1n) is 5.02. The van der Waals surface area contributed by atoms with Gasteiger partial charge in [-0.2, -0.15) is 0 Å². The molecule has 1 aliphatic rings. The molecule has 0 aromatic heterocycles. The van der Waals surface area contributed by atoms with Crippen LogP contribution in [0.4, 0.5) is 0 Å². The number of hydrogen-bond acceptors (Lipinski definition) is 1. The zero-order chi connectivity index (χ0) is 9.19. The van der Waals surface area contributed by atoms with Gasteiger partial charge >= 0.3 is 0 Å². The molecule has 0 spiro atoms. The van der Waals surface area contributed by atoms with Gasteiger partial charge in [-0.3, -0.25) is 0 Å². The third-order valence-electron chi connectivity index (χ3n) is 2.41. The van der Waals surface area contributed by atoms with Crippen LogP contribution in [0.3, 0.4) is 0 Å². The Morgan fingerprint density at radius 1 is 1.17 bits per heavy atom. The Kier molecular flexibility index (Phi) is 3.13. The number of hydrogen-bond donors (Lipinski definition) is 0. The van der Waals surface area contributed by atoms with Crippen LogP contribution in [0.5, 0.6) is 0 Å². The van der Waals surface area contributed by atoms with E-state index in [1.165, 1.54) is 25.7 Å². The largest absolute Gasteiger partial charge is 0.314 e. The van der Waals surface area contributed by atoms with Crippen molar-refractivity contribution >= 4 is 0 Å². The van der Waals surface area contributed by atoms with Crippen LogP contribution in [0.2, 0.25) is 0 Å². The predicted molar refractivity (Wildman–Crippen MR) is 50.8 cm³/mol. The summed E-state index contributed by atoms with van der Waals surface area (Å²) < 4.78 is 6.56. The highest BCUT2D eigenvalue weighted by atomic mass is 16.6. The Labute approximate surface area is 76.1 Å². The molecule has 1 fully saturated rings. The second-order valence-electron chi connectivity index (χ2n) is 4.68. The number of quaternary nitrogens is 1. The van der Waals surface area contributed by atoms with Gasteiger partial charge in [0.25, 0.3) is 0 Å². The van der Waals surface area contributed by atoms with Crippen LogP contribution in [-0.2, 0) is 4.74 Å². The van der Waals surface area contributed by atoms with Gasteiger partial charge in [0.05, 0.1) is 21.1 Å². The lowest BCUT2D eigenvalue weighted by Crippen LogP contribution is -2.38. The highest BCUT2D eigenvalue weighted by Gasteiger charge is 2.48. The molecule has 2 unspecified atom stereocenters. The Hall–Kier alpha value is -0.0800. The van der Waals surface area contributed by atoms with E-state index < -0.39 is 0 Å². The maximum absolute atomic E-state index is 5.60. The van der Waals surface area contributed by atoms with Gasteiger partial charge in [-0.15, -0.1) is 0 Å². The average molecular weight is 172 g/mol. The zero-order valence-corrected chi connectivity index (χ0v) is 8.84. The lowest BCUT2D eigenvalue weighted by Gasteiger charge is -2.21. The number of nitrogens with zero attached hydrogens (tertiary/aromatic N) is 1. The summed E-state index contributed by atoms with van der Waals surface area (Å²) in [6.07, 6.45) is 6.27. The van der Waals surface area contributed by atoms with Crippen LogP contribution in [-0.4, -0.2) is 38.0 Å². The molecule has 0 saturated carbocycles. The van der Waals surface area contributed by atoms with Crippen LogP contribution in [0.15, 0.2) is 0 Å². The molecule has 12 heavy (non-hydrogen) atoms. The molecule has 1 saturated heterocycles. The Bertz CT molecular complexity index is 139. The van der Waals surface area contributed by atoms with E-state index >= 15 is 0 Å². The minimum absolute atomic E-state index is 0.474. The Morgan fingerprint density at radius 2 is 1.83 bits per heavy atom. The molecule has 0 bridgehead atoms. The Morgan fingerprint density at radius 3 is 2.25 bits per heavy atom. The van der Waals surface area contributed by atoms with Crippen LogP contribution in [0.25, 0.3) is 0 Å². The molecule has 0 amide bonds. The van der Waals surface area contributed by atoms with Crippen molar-refractivity contribution in [1.29, 1.82) is 0 Å². The molecule has 2 heteroatoms. The summed E-state index contributed by atoms with van der Waals surface area (Å²) in [5.74, 6) is 0. The van der Waals surface area contributed by atoms with E-state index in [2.05, 4.69) is 28.1 Å². The topological polar surface area (TPSA) is 12.5 Å². The van der Waals surface area contributed by atoms with Crippen molar-refractivity contribution in [3.63, 3.8) is 0 Å². The molecule has 0 aromatic rings. The van der Waals surface area contributed by atoms with E-state index in [-0.39, 0.29) is 0 Å². The predicted octanol–water partition coefficient (Wildman–Crippen LogP) is 2.00. The molecule has 0 N–H and O–H groups in total. The minimum atomic E-state index is 0.474. The van der Waals surface area contributed by atoms with Crippen molar-refractivity contribution in [3.05, 3.63) is 0 Å². The maximum Gasteiger partial charge on any atom is 0.220 e. The number of likely N-dealkylation sites (N-methyl/N-ethyl adjacent to an activating group) is 1. The fourth-order valence-electron chi connectivity index (χ4n) is 1.62. The van der Waals surface area contributed by atoms with Gasteiger partial charge in [-0.1, -0.05) is 26.2 Å². The summed E-state index contributed by atoms with van der Waals surface area (Å²) in [6.45, 7) is 2.24. The van der Waals surface area contributed by atoms with E-state index in [1.54, 1.807) is 0 Å². The van der Waals surface area contributed by atoms with Crippen LogP contribution >= 0.6 is 0 Å². The Balaban J connectivity index is 2.08. The maximum atomic E-state index is 5.60. The number of ether oxygens (including phenoxy) is 1. The van der Waals surface area contributed by atoms with Crippen molar-refractivity contribution < 1.29 is 9.22 Å². The molecule has 2 nitrogen and oxygen atoms in total. The van der Waals surface area contributed by atoms with Gasteiger partial charge in [0.1, 0.15) is 6.10 Å². The van der Waals surface area contributed by atoms with Crippen LogP contribution < -0.4 is 0 Å². The van der Waals surface area contributed by atoms with E-state index in [4.69, 9.17) is 4.74 Å². The summed E-state index contributed by atoms with van der Waals surface area (Å²) in [5.41, 5.74) is 0. The minimum Gasteiger partial charge on any atom is -0.314 e. The van der Waals surface area contributed by atoms with Gasteiger partial charge in [0.15, 0.2) is 0 Å². The van der Waals surface area contributed by atoms with Gasteiger partial charge in [0.2, 0.25) is 6.23 Å². The number of epoxide rings is 1. The molecule has 0 aliphatic carbocycles. The second kappa shape index (κ2) is 3.75. The lowest BCUT2D eigenvalue weighted by atomic mass is 10.1. The third-order valence-corrected chi connectivity index (χ3v) is 2.41. The van der Waals surface area contributed by atoms with Crippen molar-refractivity contribution in [2.45, 2.75) is 44.9 Å². The highest BCUT2D eigenvalue weighted by Crippen LogP contribution is 2.31. The normalized spacial score (nSPS) is 29.0. The zero-order valence-electron chi connectivity index (χ0n) is 8.84.